The number of hydrogen-bond acceptors (Lipinski definition) is 2. The summed E-state index contributed by atoms with van der Waals surface area (Å²) in [5.74, 6) is 4.11. The van der Waals surface area contributed by atoms with Gasteiger partial charge in [0.25, 0.3) is 0 Å². The molecule has 1 unspecified atom stereocenters. The highest BCUT2D eigenvalue weighted by atomic mass is 127. The van der Waals surface area contributed by atoms with Crippen LogP contribution in [0.25, 0.3) is 0 Å². The van der Waals surface area contributed by atoms with Gasteiger partial charge in [0.05, 0.1) is 6.54 Å². The first-order chi connectivity index (χ1) is 8.33. The lowest BCUT2D eigenvalue weighted by molar-refractivity contribution is 0.314. The quantitative estimate of drug-likeness (QED) is 0.338. The van der Waals surface area contributed by atoms with E-state index in [1.54, 1.807) is 7.05 Å². The summed E-state index contributed by atoms with van der Waals surface area (Å²) >= 11 is 0. The lowest BCUT2D eigenvalue weighted by atomic mass is 10.1. The monoisotopic (exact) mass is 362 g/mol. The average Bonchev–Trinajstić information content (AvgIpc) is 3.10. The molecule has 1 aliphatic carbocycles. The Morgan fingerprint density at radius 1 is 1.39 bits per heavy atom. The number of nitrogens with zero attached hydrogens (tertiary/aromatic N) is 2. The molecule has 2 aliphatic rings. The van der Waals surface area contributed by atoms with Crippen molar-refractivity contribution in [1.82, 2.24) is 15.5 Å². The fraction of sp³-hybridized carbons (Fsp3) is 0.769. The van der Waals surface area contributed by atoms with E-state index in [1.165, 1.54) is 32.4 Å². The molecular formula is C13H23IN4. The number of hydrogen-bond donors (Lipinski definition) is 2. The molecule has 2 fully saturated rings. The standard InChI is InChI=1S/C13H22N4.HI/c1-3-7-15-13(14-2)16-9-11-6-8-17(10-11)12-4-5-12;/h1,11-12H,4-10H2,2H3,(H2,14,15,16);1H. The van der Waals surface area contributed by atoms with E-state index in [2.05, 4.69) is 26.4 Å². The summed E-state index contributed by atoms with van der Waals surface area (Å²) in [5, 5.41) is 6.42. The van der Waals surface area contributed by atoms with Crippen molar-refractivity contribution in [2.24, 2.45) is 10.9 Å². The molecule has 2 rings (SSSR count). The van der Waals surface area contributed by atoms with E-state index in [4.69, 9.17) is 6.42 Å². The number of nitrogens with one attached hydrogen (secondary N) is 2. The summed E-state index contributed by atoms with van der Waals surface area (Å²) < 4.78 is 0. The van der Waals surface area contributed by atoms with Crippen molar-refractivity contribution in [3.63, 3.8) is 0 Å². The molecule has 1 aliphatic heterocycles. The van der Waals surface area contributed by atoms with Gasteiger partial charge in [0.15, 0.2) is 5.96 Å². The van der Waals surface area contributed by atoms with Crippen molar-refractivity contribution in [3.05, 3.63) is 0 Å². The Morgan fingerprint density at radius 3 is 2.78 bits per heavy atom. The Labute approximate surface area is 127 Å². The lowest BCUT2D eigenvalue weighted by Crippen LogP contribution is -2.40. The van der Waals surface area contributed by atoms with Gasteiger partial charge >= 0.3 is 0 Å². The maximum absolute atomic E-state index is 5.21. The maximum atomic E-state index is 5.21. The van der Waals surface area contributed by atoms with E-state index in [1.807, 2.05) is 0 Å². The topological polar surface area (TPSA) is 39.7 Å². The van der Waals surface area contributed by atoms with E-state index < -0.39 is 0 Å². The van der Waals surface area contributed by atoms with Crippen molar-refractivity contribution in [2.45, 2.75) is 25.3 Å². The van der Waals surface area contributed by atoms with E-state index >= 15 is 0 Å². The molecule has 0 aromatic heterocycles. The molecule has 1 saturated heterocycles. The van der Waals surface area contributed by atoms with Gasteiger partial charge in [0.1, 0.15) is 0 Å². The molecule has 0 aromatic carbocycles. The minimum absolute atomic E-state index is 0. The highest BCUT2D eigenvalue weighted by Crippen LogP contribution is 2.31. The average molecular weight is 362 g/mol. The van der Waals surface area contributed by atoms with Crippen molar-refractivity contribution in [3.8, 4) is 12.3 Å². The molecule has 18 heavy (non-hydrogen) atoms. The second kappa shape index (κ2) is 7.85. The minimum atomic E-state index is 0. The molecule has 0 amide bonds. The van der Waals surface area contributed by atoms with E-state index in [0.29, 0.717) is 6.54 Å². The fourth-order valence-corrected chi connectivity index (χ4v) is 2.40. The molecule has 1 atom stereocenters. The third-order valence-electron chi connectivity index (χ3n) is 3.52. The summed E-state index contributed by atoms with van der Waals surface area (Å²) in [7, 11) is 1.77. The van der Waals surface area contributed by atoms with Crippen LogP contribution in [0, 0.1) is 18.3 Å². The van der Waals surface area contributed by atoms with Gasteiger partial charge in [-0.05, 0) is 31.7 Å². The van der Waals surface area contributed by atoms with E-state index in [0.717, 1.165) is 24.5 Å². The summed E-state index contributed by atoms with van der Waals surface area (Å²) in [6, 6.07) is 0.902. The van der Waals surface area contributed by atoms with Crippen LogP contribution in [0.5, 0.6) is 0 Å². The van der Waals surface area contributed by atoms with Crippen LogP contribution in [0.2, 0.25) is 0 Å². The second-order valence-electron chi connectivity index (χ2n) is 4.89. The largest absolute Gasteiger partial charge is 0.356 e. The first-order valence-corrected chi connectivity index (χ1v) is 6.45. The van der Waals surface area contributed by atoms with Crippen LogP contribution < -0.4 is 10.6 Å². The van der Waals surface area contributed by atoms with Gasteiger partial charge in [-0.1, -0.05) is 5.92 Å². The van der Waals surface area contributed by atoms with Crippen molar-refractivity contribution in [1.29, 1.82) is 0 Å². The molecule has 1 saturated carbocycles. The van der Waals surface area contributed by atoms with Gasteiger partial charge < -0.3 is 15.5 Å². The fourth-order valence-electron chi connectivity index (χ4n) is 2.40. The Kier molecular flexibility index (Phi) is 6.79. The molecule has 0 bridgehead atoms. The molecule has 102 valence electrons. The van der Waals surface area contributed by atoms with Crippen molar-refractivity contribution < 1.29 is 0 Å². The van der Waals surface area contributed by atoms with Gasteiger partial charge in [0.2, 0.25) is 0 Å². The summed E-state index contributed by atoms with van der Waals surface area (Å²) in [4.78, 5) is 6.77. The summed E-state index contributed by atoms with van der Waals surface area (Å²) in [5.41, 5.74) is 0. The van der Waals surface area contributed by atoms with Crippen molar-refractivity contribution >= 4 is 29.9 Å². The zero-order chi connectivity index (χ0) is 12.1. The van der Waals surface area contributed by atoms with Crippen LogP contribution in [-0.4, -0.2) is 50.1 Å². The van der Waals surface area contributed by atoms with Crippen LogP contribution in [-0.2, 0) is 0 Å². The second-order valence-corrected chi connectivity index (χ2v) is 4.89. The smallest absolute Gasteiger partial charge is 0.191 e. The molecule has 2 N–H and O–H groups in total. The number of likely N-dealkylation sites (tertiary alicyclic amines) is 1. The molecule has 0 radical (unpaired) electrons. The van der Waals surface area contributed by atoms with Gasteiger partial charge in [-0.2, -0.15) is 0 Å². The predicted molar refractivity (Wildman–Crippen MR) is 86.3 cm³/mol. The third kappa shape index (κ3) is 4.65. The van der Waals surface area contributed by atoms with Gasteiger partial charge in [-0.25, -0.2) is 0 Å². The maximum Gasteiger partial charge on any atom is 0.191 e. The Balaban J connectivity index is 0.00000162. The third-order valence-corrected chi connectivity index (χ3v) is 3.52. The van der Waals surface area contributed by atoms with Crippen LogP contribution in [0.3, 0.4) is 0 Å². The highest BCUT2D eigenvalue weighted by Gasteiger charge is 2.34. The van der Waals surface area contributed by atoms with Crippen LogP contribution in [0.1, 0.15) is 19.3 Å². The van der Waals surface area contributed by atoms with Gasteiger partial charge in [-0.3, -0.25) is 4.99 Å². The molecule has 0 aromatic rings. The van der Waals surface area contributed by atoms with E-state index in [9.17, 15) is 0 Å². The number of halogens is 1. The van der Waals surface area contributed by atoms with Crippen LogP contribution in [0.4, 0.5) is 0 Å². The zero-order valence-corrected chi connectivity index (χ0v) is 13.3. The number of rotatable bonds is 4. The number of terminal acetylenes is 1. The molecule has 0 spiro atoms. The Hall–Kier alpha value is -0.480. The minimum Gasteiger partial charge on any atom is -0.356 e. The molecule has 4 nitrogen and oxygen atoms in total. The first kappa shape index (κ1) is 15.6. The molecule has 5 heteroatoms. The van der Waals surface area contributed by atoms with Gasteiger partial charge in [-0.15, -0.1) is 30.4 Å². The SMILES string of the molecule is C#CCNC(=NC)NCC1CCN(C2CC2)C1.I. The zero-order valence-electron chi connectivity index (χ0n) is 11.0. The van der Waals surface area contributed by atoms with Crippen molar-refractivity contribution in [2.75, 3.05) is 33.2 Å². The summed E-state index contributed by atoms with van der Waals surface area (Å²) in [6.07, 6.45) is 9.32. The normalized spacial score (nSPS) is 24.2. The Morgan fingerprint density at radius 2 is 2.17 bits per heavy atom. The molecular weight excluding hydrogens is 339 g/mol. The summed E-state index contributed by atoms with van der Waals surface area (Å²) in [6.45, 7) is 4.03. The number of aliphatic imine (C=N–C) groups is 1. The highest BCUT2D eigenvalue weighted by molar-refractivity contribution is 14.0. The number of guanidine groups is 1. The van der Waals surface area contributed by atoms with Gasteiger partial charge in [0, 0.05) is 26.2 Å². The lowest BCUT2D eigenvalue weighted by Gasteiger charge is -2.16. The first-order valence-electron chi connectivity index (χ1n) is 6.45. The van der Waals surface area contributed by atoms with Crippen LogP contribution in [0.15, 0.2) is 4.99 Å². The molecule has 1 heterocycles. The predicted octanol–water partition coefficient (Wildman–Crippen LogP) is 0.887. The van der Waals surface area contributed by atoms with E-state index in [-0.39, 0.29) is 24.0 Å². The van der Waals surface area contributed by atoms with Crippen LogP contribution >= 0.6 is 24.0 Å². The Bertz CT molecular complexity index is 319.